The van der Waals surface area contributed by atoms with Gasteiger partial charge in [-0.15, -0.1) is 0 Å². The average molecular weight is 487 g/mol. The van der Waals surface area contributed by atoms with E-state index in [1.165, 1.54) is 16.8 Å². The van der Waals surface area contributed by atoms with Crippen LogP contribution in [0.5, 0.6) is 0 Å². The standard InChI is InChI=1S/C28H31FN6O/c1-15-9-10-30-28(32-15)36-23-8-7-20(13-22(23)29)25-24-17(3)33-18(4)34-27(24)35-11-5-6-19-12-16(2)31-14-21(19)26(25)35/h7-10,12,22,28,31-32H,5-6,11,13-14H2,1-4H3. The third-order valence-corrected chi connectivity index (χ3v) is 7.25. The van der Waals surface area contributed by atoms with Crippen molar-refractivity contribution in [3.63, 3.8) is 0 Å². The zero-order valence-electron chi connectivity index (χ0n) is 21.2. The van der Waals surface area contributed by atoms with Gasteiger partial charge >= 0.3 is 0 Å². The van der Waals surface area contributed by atoms with E-state index in [4.69, 9.17) is 14.7 Å². The maximum absolute atomic E-state index is 15.6. The molecule has 5 heterocycles. The number of alkyl halides is 1. The number of aliphatic imine (C=N–C) groups is 1. The average Bonchev–Trinajstić information content (AvgIpc) is 3.03. The van der Waals surface area contributed by atoms with Crippen molar-refractivity contribution < 1.29 is 9.13 Å². The first-order valence-electron chi connectivity index (χ1n) is 12.6. The van der Waals surface area contributed by atoms with Crippen molar-refractivity contribution in [2.24, 2.45) is 4.99 Å². The third kappa shape index (κ3) is 3.85. The lowest BCUT2D eigenvalue weighted by Crippen LogP contribution is -2.32. The number of rotatable bonds is 3. The quantitative estimate of drug-likeness (QED) is 0.639. The highest BCUT2D eigenvalue weighted by Crippen LogP contribution is 2.43. The summed E-state index contributed by atoms with van der Waals surface area (Å²) in [5.74, 6) is 1.04. The summed E-state index contributed by atoms with van der Waals surface area (Å²) in [5.41, 5.74) is 9.75. The number of hydrogen-bond acceptors (Lipinski definition) is 6. The Balaban J connectivity index is 1.50. The van der Waals surface area contributed by atoms with Crippen LogP contribution in [0.2, 0.25) is 0 Å². The van der Waals surface area contributed by atoms with Crippen LogP contribution in [0.15, 0.2) is 52.0 Å². The highest BCUT2D eigenvalue weighted by atomic mass is 19.1. The van der Waals surface area contributed by atoms with Crippen LogP contribution in [0.4, 0.5) is 4.39 Å². The van der Waals surface area contributed by atoms with E-state index in [1.807, 2.05) is 32.9 Å². The minimum atomic E-state index is -1.27. The molecule has 2 aromatic rings. The molecule has 0 spiro atoms. The van der Waals surface area contributed by atoms with Crippen molar-refractivity contribution in [2.45, 2.75) is 66.0 Å². The molecule has 6 rings (SSSR count). The van der Waals surface area contributed by atoms with Gasteiger partial charge in [0.25, 0.3) is 6.35 Å². The lowest BCUT2D eigenvalue weighted by molar-refractivity contribution is 0.0710. The van der Waals surface area contributed by atoms with Gasteiger partial charge in [0.15, 0.2) is 6.17 Å². The molecule has 8 heteroatoms. The SMILES string of the molecule is CC1=CC2=C(CN1)c1c(C3=CC=C(OC4N=CC=C(C)N4)C(F)C3)c3c(C)nc(C)nc3n1CCC2. The monoisotopic (exact) mass is 486 g/mol. The van der Waals surface area contributed by atoms with Gasteiger partial charge in [0.1, 0.15) is 17.2 Å². The van der Waals surface area contributed by atoms with E-state index in [1.54, 1.807) is 12.3 Å². The number of aromatic nitrogens is 3. The van der Waals surface area contributed by atoms with Crippen molar-refractivity contribution in [1.29, 1.82) is 0 Å². The maximum atomic E-state index is 15.6. The van der Waals surface area contributed by atoms with Crippen LogP contribution in [0.3, 0.4) is 0 Å². The van der Waals surface area contributed by atoms with Gasteiger partial charge in [-0.3, -0.25) is 0 Å². The van der Waals surface area contributed by atoms with Crippen LogP contribution in [-0.4, -0.2) is 39.8 Å². The van der Waals surface area contributed by atoms with E-state index in [9.17, 15) is 0 Å². The fourth-order valence-electron chi connectivity index (χ4n) is 5.66. The van der Waals surface area contributed by atoms with Crippen LogP contribution < -0.4 is 10.6 Å². The summed E-state index contributed by atoms with van der Waals surface area (Å²) >= 11 is 0. The summed E-state index contributed by atoms with van der Waals surface area (Å²) in [7, 11) is 0. The summed E-state index contributed by atoms with van der Waals surface area (Å²) in [6.45, 7) is 9.62. The number of dihydropyridines is 1. The molecule has 0 aromatic carbocycles. The van der Waals surface area contributed by atoms with Gasteiger partial charge in [0.05, 0.1) is 11.4 Å². The number of halogens is 1. The second-order valence-corrected chi connectivity index (χ2v) is 9.91. The molecule has 2 unspecified atom stereocenters. The number of fused-ring (bicyclic) bond motifs is 4. The van der Waals surface area contributed by atoms with E-state index in [-0.39, 0.29) is 6.42 Å². The predicted octanol–water partition coefficient (Wildman–Crippen LogP) is 4.99. The van der Waals surface area contributed by atoms with E-state index < -0.39 is 12.5 Å². The molecular weight excluding hydrogens is 455 g/mol. The van der Waals surface area contributed by atoms with Crippen molar-refractivity contribution in [3.05, 3.63) is 69.8 Å². The van der Waals surface area contributed by atoms with Crippen LogP contribution in [0.1, 0.15) is 55.9 Å². The molecule has 3 aliphatic heterocycles. The first-order chi connectivity index (χ1) is 17.4. The fraction of sp³-hybridized carbons (Fsp3) is 0.393. The number of nitrogens with one attached hydrogen (secondary N) is 2. The van der Waals surface area contributed by atoms with Gasteiger partial charge in [0, 0.05) is 48.1 Å². The molecule has 7 nitrogen and oxygen atoms in total. The van der Waals surface area contributed by atoms with E-state index in [2.05, 4.69) is 33.2 Å². The van der Waals surface area contributed by atoms with Gasteiger partial charge < -0.3 is 19.9 Å². The van der Waals surface area contributed by atoms with Gasteiger partial charge in [-0.1, -0.05) is 6.08 Å². The maximum Gasteiger partial charge on any atom is 0.267 e. The molecular formula is C28H31FN6O. The first-order valence-corrected chi connectivity index (χ1v) is 12.6. The van der Waals surface area contributed by atoms with E-state index in [0.717, 1.165) is 71.0 Å². The normalized spacial score (nSPS) is 23.5. The molecule has 4 aliphatic rings. The number of ether oxygens (including phenoxy) is 1. The molecule has 0 saturated heterocycles. The molecule has 0 saturated carbocycles. The number of allylic oxidation sites excluding steroid dienone is 9. The van der Waals surface area contributed by atoms with Crippen molar-refractivity contribution in [2.75, 3.05) is 6.54 Å². The summed E-state index contributed by atoms with van der Waals surface area (Å²) in [4.78, 5) is 13.8. The molecule has 0 radical (unpaired) electrons. The van der Waals surface area contributed by atoms with Gasteiger partial charge in [-0.25, -0.2) is 19.4 Å². The minimum Gasteiger partial charge on any atom is -0.452 e. The van der Waals surface area contributed by atoms with E-state index >= 15 is 4.39 Å². The zero-order valence-corrected chi connectivity index (χ0v) is 21.2. The highest BCUT2D eigenvalue weighted by molar-refractivity contribution is 6.00. The highest BCUT2D eigenvalue weighted by Gasteiger charge is 2.32. The lowest BCUT2D eigenvalue weighted by atomic mass is 9.88. The molecule has 0 amide bonds. The molecule has 0 bridgehead atoms. The second kappa shape index (κ2) is 8.76. The van der Waals surface area contributed by atoms with E-state index in [0.29, 0.717) is 5.76 Å². The Morgan fingerprint density at radius 1 is 1.08 bits per heavy atom. The topological polar surface area (TPSA) is 76.4 Å². The lowest BCUT2D eigenvalue weighted by Gasteiger charge is -2.26. The summed E-state index contributed by atoms with van der Waals surface area (Å²) in [5, 5.41) is 7.66. The Morgan fingerprint density at radius 2 is 1.94 bits per heavy atom. The Labute approximate surface area is 210 Å². The molecule has 1 aliphatic carbocycles. The summed E-state index contributed by atoms with van der Waals surface area (Å²) < 4.78 is 23.8. The van der Waals surface area contributed by atoms with Crippen LogP contribution in [-0.2, 0) is 11.3 Å². The van der Waals surface area contributed by atoms with Gasteiger partial charge in [-0.05, 0) is 75.5 Å². The Morgan fingerprint density at radius 3 is 2.75 bits per heavy atom. The minimum absolute atomic E-state index is 0.224. The molecule has 0 fully saturated rings. The molecule has 2 aromatic heterocycles. The second-order valence-electron chi connectivity index (χ2n) is 9.91. The largest absolute Gasteiger partial charge is 0.452 e. The van der Waals surface area contributed by atoms with Gasteiger partial charge in [0.2, 0.25) is 0 Å². The van der Waals surface area contributed by atoms with Crippen LogP contribution >= 0.6 is 0 Å². The van der Waals surface area contributed by atoms with Crippen molar-refractivity contribution >= 4 is 28.4 Å². The van der Waals surface area contributed by atoms with Crippen molar-refractivity contribution in [3.8, 4) is 0 Å². The Bertz CT molecular complexity index is 1450. The fourth-order valence-corrected chi connectivity index (χ4v) is 5.66. The first kappa shape index (κ1) is 22.8. The van der Waals surface area contributed by atoms with Crippen LogP contribution in [0.25, 0.3) is 22.2 Å². The van der Waals surface area contributed by atoms with Crippen molar-refractivity contribution in [1.82, 2.24) is 25.2 Å². The molecule has 2 atom stereocenters. The molecule has 186 valence electrons. The Hall–Kier alpha value is -3.68. The van der Waals surface area contributed by atoms with Crippen LogP contribution in [0, 0.1) is 13.8 Å². The Kier molecular flexibility index (Phi) is 5.54. The summed E-state index contributed by atoms with van der Waals surface area (Å²) in [6, 6.07) is 0. The van der Waals surface area contributed by atoms with Gasteiger partial charge in [-0.2, -0.15) is 0 Å². The smallest absolute Gasteiger partial charge is 0.267 e. The molecule has 36 heavy (non-hydrogen) atoms. The molecule has 2 N–H and O–H groups in total. The predicted molar refractivity (Wildman–Crippen MR) is 141 cm³/mol. The number of nitrogens with zero attached hydrogens (tertiary/aromatic N) is 4. The zero-order chi connectivity index (χ0) is 25.0. The summed E-state index contributed by atoms with van der Waals surface area (Å²) in [6.07, 6.45) is 9.94. The third-order valence-electron chi connectivity index (χ3n) is 7.25. The number of hydrogen-bond donors (Lipinski definition) is 2. The number of aryl methyl sites for hydroxylation is 3.